The van der Waals surface area contributed by atoms with E-state index in [1.54, 1.807) is 0 Å². The molecular formula is C108H72N4O3. The molecule has 3 heterocycles. The molecular weight excluding hydrogens is 1400 g/mol. The topological polar surface area (TPSA) is 69.6 Å². The van der Waals surface area contributed by atoms with Crippen LogP contribution in [-0.2, 0) is 16.2 Å². The van der Waals surface area contributed by atoms with Crippen molar-refractivity contribution in [2.75, 3.05) is 24.7 Å². The van der Waals surface area contributed by atoms with Crippen LogP contribution in [0.5, 0.6) is 17.2 Å². The fraction of sp³-hybridized carbons (Fsp3) is 0.0833. The van der Waals surface area contributed by atoms with E-state index < -0.39 is 16.2 Å². The number of hydrogen-bond acceptors (Lipinski definition) is 7. The normalized spacial score (nSPS) is 15.8. The Kier molecular flexibility index (Phi) is 16.4. The first-order valence-corrected chi connectivity index (χ1v) is 39.1. The molecule has 7 nitrogen and oxygen atoms in total. The summed E-state index contributed by atoms with van der Waals surface area (Å²) in [6.45, 7) is 6.48. The molecule has 7 heteroatoms. The highest BCUT2D eigenvalue weighted by Crippen LogP contribution is 2.61. The summed E-state index contributed by atoms with van der Waals surface area (Å²) in [6.07, 6.45) is 5.80. The van der Waals surface area contributed by atoms with Gasteiger partial charge >= 0.3 is 0 Å². The van der Waals surface area contributed by atoms with Crippen molar-refractivity contribution in [3.63, 3.8) is 0 Å². The molecule has 0 radical (unpaired) electrons. The summed E-state index contributed by atoms with van der Waals surface area (Å²) in [5.41, 5.74) is 20.4. The van der Waals surface area contributed by atoms with E-state index in [-0.39, 0.29) is 0 Å². The lowest BCUT2D eigenvalue weighted by atomic mass is 9.67. The fourth-order valence-corrected chi connectivity index (χ4v) is 19.1. The van der Waals surface area contributed by atoms with E-state index >= 15 is 0 Å². The smallest absolute Gasteiger partial charge is 0.149 e. The van der Waals surface area contributed by atoms with Gasteiger partial charge in [0.1, 0.15) is 37.1 Å². The number of hydrogen-bond donors (Lipinski definition) is 0. The van der Waals surface area contributed by atoms with E-state index in [1.807, 2.05) is 39.4 Å². The van der Waals surface area contributed by atoms with Crippen LogP contribution in [0, 0.1) is 35.5 Å². The zero-order valence-corrected chi connectivity index (χ0v) is 63.5. The predicted molar refractivity (Wildman–Crippen MR) is 468 cm³/mol. The number of ether oxygens (including phenoxy) is 3. The van der Waals surface area contributed by atoms with Crippen LogP contribution in [0.2, 0.25) is 0 Å². The minimum atomic E-state index is -0.800. The second-order valence-electron chi connectivity index (χ2n) is 30.0. The molecule has 3 aliphatic rings. The van der Waals surface area contributed by atoms with Crippen molar-refractivity contribution in [2.45, 2.75) is 37.0 Å². The van der Waals surface area contributed by atoms with Gasteiger partial charge in [-0.25, -0.2) is 0 Å². The summed E-state index contributed by atoms with van der Waals surface area (Å²) in [7, 11) is 0. The average molecular weight is 1470 g/mol. The van der Waals surface area contributed by atoms with Gasteiger partial charge in [0.05, 0.1) is 33.3 Å². The Balaban J connectivity index is 0.773. The second kappa shape index (κ2) is 27.6. The third kappa shape index (κ3) is 10.8. The SMILES string of the molecule is CC#CCOc1ccc2cc(C3(c4ccc(N(c5ccc(C6(c7ccc8cc(OCC#CC)ccc8c7)c7cc8ccccc8cc7-c7ncccc76)cc5)c5ccc(C6(c7ccc8cc(OCC#CC)ccc8c7)c7cc8ccccc8cc7-c7ncccc76)cc5)cc4)c4cc5ccccc5cc4-c4ncccc43)ccc2c1. The van der Waals surface area contributed by atoms with Crippen LogP contribution in [0.3, 0.4) is 0 Å². The van der Waals surface area contributed by atoms with Crippen LogP contribution in [0.1, 0.15) is 87.5 Å². The summed E-state index contributed by atoms with van der Waals surface area (Å²) < 4.78 is 18.4. The number of anilines is 3. The molecule has 0 spiro atoms. The Morgan fingerprint density at radius 2 is 0.496 bits per heavy atom. The summed E-state index contributed by atoms with van der Waals surface area (Å²) in [5.74, 6) is 20.4. The van der Waals surface area contributed by atoms with Crippen molar-refractivity contribution in [1.29, 1.82) is 0 Å². The lowest BCUT2D eigenvalue weighted by Crippen LogP contribution is -2.29. The molecule has 115 heavy (non-hydrogen) atoms. The Morgan fingerprint density at radius 3 is 0.783 bits per heavy atom. The first-order chi connectivity index (χ1) is 56.8. The highest BCUT2D eigenvalue weighted by Gasteiger charge is 2.51. The zero-order chi connectivity index (χ0) is 76.8. The molecule has 542 valence electrons. The quantitative estimate of drug-likeness (QED) is 0.0947. The zero-order valence-electron chi connectivity index (χ0n) is 63.5. The van der Waals surface area contributed by atoms with E-state index in [1.165, 1.54) is 16.7 Å². The Hall–Kier alpha value is -14.8. The van der Waals surface area contributed by atoms with Crippen molar-refractivity contribution in [2.24, 2.45) is 0 Å². The molecule has 3 unspecified atom stereocenters. The van der Waals surface area contributed by atoms with Gasteiger partial charge in [-0.1, -0.05) is 200 Å². The maximum absolute atomic E-state index is 6.13. The molecule has 0 aliphatic heterocycles. The fourth-order valence-electron chi connectivity index (χ4n) is 19.1. The number of benzene rings is 15. The van der Waals surface area contributed by atoms with E-state index in [0.717, 1.165) is 183 Å². The van der Waals surface area contributed by atoms with Crippen molar-refractivity contribution in [3.8, 4) is 86.5 Å². The van der Waals surface area contributed by atoms with Crippen LogP contribution in [0.4, 0.5) is 17.1 Å². The number of aromatic nitrogens is 3. The molecule has 15 aromatic carbocycles. The molecule has 0 fully saturated rings. The van der Waals surface area contributed by atoms with E-state index in [4.69, 9.17) is 29.2 Å². The van der Waals surface area contributed by atoms with Crippen molar-refractivity contribution in [3.05, 3.63) is 413 Å². The third-order valence-electron chi connectivity index (χ3n) is 24.1. The van der Waals surface area contributed by atoms with E-state index in [2.05, 4.69) is 368 Å². The number of pyridine rings is 3. The lowest BCUT2D eigenvalue weighted by molar-refractivity contribution is 0.370. The standard InChI is InChI=1S/C108H72N4O3/c1-4-7-55-113-91-49-31-76-58-85(34-28-79(76)61-91)106(97-25-16-52-109-103(97)94-64-70-19-10-13-22-73(70)67-100(94)106)82-37-43-88(44-38-82)112(89-45-39-83(40-46-89)107(86-35-29-80-62-92(114-56-8-5-2)50-32-77(80)59-86)98-26-17-53-110-104(98)95-65-71-20-11-14-23-74(71)68-101(95)107)90-47-41-84(42-48-90)108(87-36-30-81-63-93(115-57-9-6-3)51-33-78(81)60-87)99-27-18-54-111-105(99)96-66-72-21-12-15-24-75(72)69-102(96)108/h10-54,58-69H,55-57H2,1-3H3. The number of fused-ring (bicyclic) bond motifs is 15. The number of nitrogens with zero attached hydrogens (tertiary/aromatic N) is 4. The van der Waals surface area contributed by atoms with Crippen molar-refractivity contribution >= 4 is 81.7 Å². The molecule has 18 aromatic rings. The van der Waals surface area contributed by atoms with Gasteiger partial charge in [0.2, 0.25) is 0 Å². The van der Waals surface area contributed by atoms with Gasteiger partial charge in [-0.15, -0.1) is 17.8 Å². The molecule has 3 aliphatic carbocycles. The van der Waals surface area contributed by atoms with Gasteiger partial charge < -0.3 is 19.1 Å². The van der Waals surface area contributed by atoms with Crippen LogP contribution >= 0.6 is 0 Å². The third-order valence-corrected chi connectivity index (χ3v) is 24.1. The minimum Gasteiger partial charge on any atom is -0.481 e. The largest absolute Gasteiger partial charge is 0.481 e. The molecule has 0 saturated carbocycles. The maximum Gasteiger partial charge on any atom is 0.149 e. The van der Waals surface area contributed by atoms with Gasteiger partial charge in [0, 0.05) is 52.3 Å². The summed E-state index contributed by atoms with van der Waals surface area (Å²) in [4.78, 5) is 18.3. The minimum absolute atomic E-state index is 0.323. The summed E-state index contributed by atoms with van der Waals surface area (Å²) in [6, 6.07) is 121. The predicted octanol–water partition coefficient (Wildman–Crippen LogP) is 24.6. The average Bonchev–Trinajstić information content (AvgIpc) is 1.56. The highest BCUT2D eigenvalue weighted by molar-refractivity contribution is 6.00. The van der Waals surface area contributed by atoms with Crippen LogP contribution in [0.15, 0.2) is 346 Å². The lowest BCUT2D eigenvalue weighted by Gasteiger charge is -2.36. The number of rotatable bonds is 15. The maximum atomic E-state index is 6.13. The van der Waals surface area contributed by atoms with Gasteiger partial charge in [0.25, 0.3) is 0 Å². The summed E-state index contributed by atoms with van der Waals surface area (Å²) in [5, 5.41) is 13.5. The van der Waals surface area contributed by atoms with Gasteiger partial charge in [-0.3, -0.25) is 15.0 Å². The van der Waals surface area contributed by atoms with Gasteiger partial charge in [0.15, 0.2) is 0 Å². The molecule has 0 saturated heterocycles. The van der Waals surface area contributed by atoms with Crippen molar-refractivity contribution in [1.82, 2.24) is 15.0 Å². The Bertz CT molecular complexity index is 6570. The van der Waals surface area contributed by atoms with Crippen LogP contribution < -0.4 is 19.1 Å². The second-order valence-corrected chi connectivity index (χ2v) is 30.0. The van der Waals surface area contributed by atoms with Crippen molar-refractivity contribution < 1.29 is 14.2 Å². The molecule has 0 N–H and O–H groups in total. The molecule has 3 aromatic heterocycles. The molecule has 0 bridgehead atoms. The molecule has 0 amide bonds. The highest BCUT2D eigenvalue weighted by atomic mass is 16.5. The first-order valence-electron chi connectivity index (χ1n) is 39.1. The van der Waals surface area contributed by atoms with Crippen LogP contribution in [0.25, 0.3) is 98.4 Å². The van der Waals surface area contributed by atoms with Gasteiger partial charge in [-0.2, -0.15) is 0 Å². The molecule has 3 atom stereocenters. The Labute approximate surface area is 667 Å². The van der Waals surface area contributed by atoms with E-state index in [9.17, 15) is 0 Å². The molecule has 21 rings (SSSR count). The summed E-state index contributed by atoms with van der Waals surface area (Å²) >= 11 is 0. The van der Waals surface area contributed by atoms with Gasteiger partial charge in [-0.05, 0) is 298 Å². The Morgan fingerprint density at radius 1 is 0.243 bits per heavy atom. The monoisotopic (exact) mass is 1470 g/mol. The first kappa shape index (κ1) is 68.2. The van der Waals surface area contributed by atoms with Crippen LogP contribution in [-0.4, -0.2) is 34.8 Å². The van der Waals surface area contributed by atoms with E-state index in [0.29, 0.717) is 19.8 Å².